The lowest BCUT2D eigenvalue weighted by Crippen LogP contribution is -2.72. The Morgan fingerprint density at radius 1 is 0.805 bits per heavy atom. The average molecular weight is 1080 g/mol. The molecule has 21 nitrogen and oxygen atoms in total. The van der Waals surface area contributed by atoms with E-state index in [1.807, 2.05) is 13.1 Å². The van der Waals surface area contributed by atoms with Gasteiger partial charge in [-0.2, -0.15) is 0 Å². The first kappa shape index (κ1) is 54.7. The molecule has 10 heterocycles. The molecule has 22 atom stereocenters. The minimum atomic E-state index is -1.10. The number of rotatable bonds is 15. The summed E-state index contributed by atoms with van der Waals surface area (Å²) in [7, 11) is 3.46. The fraction of sp³-hybridized carbons (Fsp3) is 0.732. The third-order valence-corrected chi connectivity index (χ3v) is 18.5. The molecule has 1 aliphatic carbocycles. The zero-order valence-corrected chi connectivity index (χ0v) is 44.4. The predicted molar refractivity (Wildman–Crippen MR) is 273 cm³/mol. The predicted octanol–water partition coefficient (Wildman–Crippen LogP) is 0.527. The molecule has 1 spiro atoms. The van der Waals surface area contributed by atoms with Gasteiger partial charge in [-0.05, 0) is 74.6 Å². The lowest BCUT2D eigenvalue weighted by atomic mass is 9.80. The van der Waals surface area contributed by atoms with Crippen molar-refractivity contribution in [1.29, 1.82) is 0 Å². The van der Waals surface area contributed by atoms with E-state index in [0.29, 0.717) is 19.3 Å². The van der Waals surface area contributed by atoms with Crippen LogP contribution in [0.5, 0.6) is 0 Å². The topological polar surface area (TPSA) is 275 Å². The summed E-state index contributed by atoms with van der Waals surface area (Å²) in [5.41, 5.74) is 7.29. The molecule has 12 bridgehead atoms. The summed E-state index contributed by atoms with van der Waals surface area (Å²) in [5.74, 6) is -3.25. The van der Waals surface area contributed by atoms with Crippen molar-refractivity contribution >= 4 is 29.4 Å². The van der Waals surface area contributed by atoms with E-state index in [2.05, 4.69) is 46.7 Å². The van der Waals surface area contributed by atoms with E-state index in [1.54, 1.807) is 31.4 Å². The molecule has 12 rings (SSSR count). The Hall–Kier alpha value is -4.23. The lowest BCUT2D eigenvalue weighted by molar-refractivity contribution is -0.318. The number of aliphatic hydroxyl groups excluding tert-OH is 1. The fourth-order valence-electron chi connectivity index (χ4n) is 14.6. The monoisotopic (exact) mass is 1070 g/mol. The van der Waals surface area contributed by atoms with E-state index in [0.717, 1.165) is 48.8 Å². The van der Waals surface area contributed by atoms with Crippen molar-refractivity contribution in [2.45, 2.75) is 193 Å². The molecular formula is C56H78N6O15. The Morgan fingerprint density at radius 2 is 1.57 bits per heavy atom. The molecule has 77 heavy (non-hydrogen) atoms. The van der Waals surface area contributed by atoms with Gasteiger partial charge >= 0.3 is 0 Å². The quantitative estimate of drug-likeness (QED) is 0.118. The van der Waals surface area contributed by atoms with Gasteiger partial charge in [0, 0.05) is 57.6 Å². The van der Waals surface area contributed by atoms with E-state index in [9.17, 15) is 29.1 Å². The van der Waals surface area contributed by atoms with Crippen molar-refractivity contribution < 1.29 is 71.7 Å². The van der Waals surface area contributed by atoms with Gasteiger partial charge in [0.15, 0.2) is 5.79 Å². The van der Waals surface area contributed by atoms with Crippen LogP contribution in [0, 0.1) is 23.7 Å². The molecule has 0 radical (unpaired) electrons. The second-order valence-corrected chi connectivity index (χ2v) is 23.4. The number of nitrogens with two attached hydrogens (primary N) is 1. The molecule has 21 heteroatoms. The van der Waals surface area contributed by atoms with Crippen LogP contribution < -0.4 is 32.3 Å². The average Bonchev–Trinajstić information content (AvgIpc) is 3.94. The highest BCUT2D eigenvalue weighted by molar-refractivity contribution is 5.92. The van der Waals surface area contributed by atoms with E-state index in [-0.39, 0.29) is 118 Å². The van der Waals surface area contributed by atoms with E-state index >= 15 is 0 Å². The SMILES string of the molecule is C=C1C[C@@H]2CC3C4[C@H]5OC6C7O[C@@]8(NC)CC[C@H](CC(=O)C[C@@H]9[C@@H](OC)[C@@H](C[C@H](O)CNC(=O)CNC(=O)[C@H](Cc%10ccccc%10)NC(=O)CNC(=O)CN)O[C@H]9C[C@H]9O[C@@H](CC[C@@H]1O2)C[C@@H](C)C9=C)O[C@@H]8[C@@H]6O[C@@]34O[C@H]75. The molecule has 10 saturated heterocycles. The number of carbonyl (C=O) groups excluding carboxylic acids is 5. The third kappa shape index (κ3) is 10.8. The van der Waals surface area contributed by atoms with Crippen LogP contribution >= 0.6 is 0 Å². The zero-order chi connectivity index (χ0) is 53.9. The molecule has 4 unspecified atom stereocenters. The van der Waals surface area contributed by atoms with Crippen LogP contribution in [0.3, 0.4) is 0 Å². The van der Waals surface area contributed by atoms with Gasteiger partial charge in [-0.25, -0.2) is 0 Å². The number of hydrogen-bond donors (Lipinski definition) is 7. The van der Waals surface area contributed by atoms with Gasteiger partial charge < -0.3 is 74.7 Å². The number of nitrogens with one attached hydrogen (secondary N) is 5. The standard InChI is InChI=1S/C56H78N6O15/c1-27-15-33-11-12-39-28(2)16-35(71-39)21-37-46-48-50-51-49(74-48)52(77-56(37,46)76-50)53-55(58-4,75-51)14-13-34(72-53)18-31(63)19-36-41(22-40(70-33)29(27)3)73-42(47(36)69-5)20-32(64)24-59-44(66)25-61-54(68)38(17-30-9-7-6-8-10-30)62-45(67)26-60-43(65)23-57/h6-10,27,32-42,46-53,58,64H,2-3,11-26,57H2,1,4-5H3,(H,59,66)(H,60,65)(H,61,68)(H,62,67)/t27-,32+,33+,34-,35-,36+,37?,38+,39+,40-,41+,42-,46?,47-,48-,49?,50+,51?,52-,53-,55+,56+/m1/s1. The Bertz CT molecular complexity index is 2420. The van der Waals surface area contributed by atoms with Gasteiger partial charge in [-0.3, -0.25) is 29.3 Å². The lowest BCUT2D eigenvalue weighted by Gasteiger charge is -2.54. The van der Waals surface area contributed by atoms with Crippen LogP contribution in [-0.2, 0) is 73.0 Å². The first-order chi connectivity index (χ1) is 37.1. The van der Waals surface area contributed by atoms with Gasteiger partial charge in [0.1, 0.15) is 48.1 Å². The maximum Gasteiger partial charge on any atom is 0.243 e. The van der Waals surface area contributed by atoms with Crippen molar-refractivity contribution in [2.24, 2.45) is 29.4 Å². The van der Waals surface area contributed by atoms with Gasteiger partial charge in [0.25, 0.3) is 0 Å². The van der Waals surface area contributed by atoms with Gasteiger partial charge in [0.05, 0.1) is 86.6 Å². The molecular weight excluding hydrogens is 997 g/mol. The van der Waals surface area contributed by atoms with E-state index < -0.39 is 96.4 Å². The second-order valence-electron chi connectivity index (χ2n) is 23.4. The van der Waals surface area contributed by atoms with Crippen LogP contribution in [0.4, 0.5) is 0 Å². The highest BCUT2D eigenvalue weighted by Gasteiger charge is 2.85. The normalized spacial score (nSPS) is 42.4. The van der Waals surface area contributed by atoms with Crippen molar-refractivity contribution in [3.63, 3.8) is 0 Å². The maximum absolute atomic E-state index is 14.6. The number of hydrogen-bond acceptors (Lipinski definition) is 17. The molecule has 8 N–H and O–H groups in total. The number of ketones is 1. The smallest absolute Gasteiger partial charge is 0.243 e. The minimum absolute atomic E-state index is 0.0143. The molecule has 11 aliphatic rings. The van der Waals surface area contributed by atoms with Gasteiger partial charge in [-0.15, -0.1) is 0 Å². The van der Waals surface area contributed by atoms with E-state index in [1.165, 1.54) is 0 Å². The molecule has 0 aromatic heterocycles. The van der Waals surface area contributed by atoms with Crippen molar-refractivity contribution in [3.05, 3.63) is 60.2 Å². The summed E-state index contributed by atoms with van der Waals surface area (Å²) >= 11 is 0. The highest BCUT2D eigenvalue weighted by atomic mass is 16.8. The second kappa shape index (κ2) is 22.4. The summed E-state index contributed by atoms with van der Waals surface area (Å²) < 4.78 is 61.6. The third-order valence-electron chi connectivity index (χ3n) is 18.5. The number of fused-ring (bicyclic) bond motifs is 6. The van der Waals surface area contributed by atoms with Gasteiger partial charge in [-0.1, -0.05) is 50.4 Å². The molecule has 1 saturated carbocycles. The molecule has 1 aromatic rings. The summed E-state index contributed by atoms with van der Waals surface area (Å²) in [5, 5.41) is 25.2. The first-order valence-corrected chi connectivity index (χ1v) is 28.0. The Kier molecular flexibility index (Phi) is 15.9. The Labute approximate surface area is 449 Å². The number of carbonyl (C=O) groups is 5. The number of benzene rings is 1. The van der Waals surface area contributed by atoms with Crippen LogP contribution in [0.1, 0.15) is 83.1 Å². The van der Waals surface area contributed by atoms with Crippen molar-refractivity contribution in [2.75, 3.05) is 40.3 Å². The number of aliphatic hydroxyl groups is 1. The molecule has 1 aromatic carbocycles. The first-order valence-electron chi connectivity index (χ1n) is 28.0. The Balaban J connectivity index is 0.766. The van der Waals surface area contributed by atoms with Crippen LogP contribution in [-0.4, -0.2) is 184 Å². The Morgan fingerprint density at radius 3 is 2.35 bits per heavy atom. The molecule has 11 fully saturated rings. The number of methoxy groups -OCH3 is 1. The number of Topliss-reactive ketones (excluding diaryl/α,β-unsaturated/α-hetero) is 1. The van der Waals surface area contributed by atoms with Crippen LogP contribution in [0.15, 0.2) is 54.6 Å². The number of amides is 4. The summed E-state index contributed by atoms with van der Waals surface area (Å²) in [6.45, 7) is 9.87. The maximum atomic E-state index is 14.6. The molecule has 422 valence electrons. The van der Waals surface area contributed by atoms with E-state index in [4.69, 9.17) is 48.4 Å². The molecule has 4 amide bonds. The number of likely N-dealkylation sites (N-methyl/N-ethyl adjacent to an activating group) is 1. The largest absolute Gasteiger partial charge is 0.391 e. The minimum Gasteiger partial charge on any atom is -0.391 e. The summed E-state index contributed by atoms with van der Waals surface area (Å²) in [6, 6.07) is 7.97. The van der Waals surface area contributed by atoms with Crippen LogP contribution in [0.25, 0.3) is 0 Å². The summed E-state index contributed by atoms with van der Waals surface area (Å²) in [6.07, 6.45) is -0.0735. The number of ether oxygens (including phenoxy) is 9. The van der Waals surface area contributed by atoms with Crippen molar-refractivity contribution in [3.8, 4) is 0 Å². The van der Waals surface area contributed by atoms with Crippen LogP contribution in [0.2, 0.25) is 0 Å². The highest BCUT2D eigenvalue weighted by Crippen LogP contribution is 2.71. The molecule has 10 aliphatic heterocycles. The van der Waals surface area contributed by atoms with Gasteiger partial charge in [0.2, 0.25) is 23.6 Å². The summed E-state index contributed by atoms with van der Waals surface area (Å²) in [4.78, 5) is 65.4. The van der Waals surface area contributed by atoms with Crippen molar-refractivity contribution in [1.82, 2.24) is 26.6 Å². The zero-order valence-electron chi connectivity index (χ0n) is 44.4. The fourth-order valence-corrected chi connectivity index (χ4v) is 14.6.